The van der Waals surface area contributed by atoms with E-state index in [1.54, 1.807) is 24.3 Å². The normalized spacial score (nSPS) is 9.13. The van der Waals surface area contributed by atoms with Crippen LogP contribution in [0, 0.1) is 0 Å². The zero-order chi connectivity index (χ0) is 11.3. The molecule has 1 amide bonds. The van der Waals surface area contributed by atoms with E-state index in [-0.39, 0.29) is 11.0 Å². The SMILES string of the molecule is COc1ccccc1C(=O)NNC(N)=S. The Morgan fingerprint density at radius 1 is 1.40 bits per heavy atom. The molecule has 0 atom stereocenters. The molecule has 0 heterocycles. The zero-order valence-electron chi connectivity index (χ0n) is 8.11. The van der Waals surface area contributed by atoms with Gasteiger partial charge in [0.2, 0.25) is 0 Å². The molecule has 80 valence electrons. The van der Waals surface area contributed by atoms with Crippen molar-refractivity contribution in [3.63, 3.8) is 0 Å². The van der Waals surface area contributed by atoms with Crippen LogP contribution >= 0.6 is 12.2 Å². The average molecular weight is 225 g/mol. The van der Waals surface area contributed by atoms with Crippen LogP contribution in [0.15, 0.2) is 24.3 Å². The van der Waals surface area contributed by atoms with E-state index in [1.807, 2.05) is 0 Å². The van der Waals surface area contributed by atoms with E-state index in [0.717, 1.165) is 0 Å². The summed E-state index contributed by atoms with van der Waals surface area (Å²) in [6, 6.07) is 6.83. The molecule has 0 radical (unpaired) electrons. The van der Waals surface area contributed by atoms with Crippen LogP contribution in [0.4, 0.5) is 0 Å². The lowest BCUT2D eigenvalue weighted by atomic mass is 10.2. The number of hydrazine groups is 1. The van der Waals surface area contributed by atoms with Crippen molar-refractivity contribution in [1.82, 2.24) is 10.9 Å². The number of carbonyl (C=O) groups excluding carboxylic acids is 1. The first-order valence-corrected chi connectivity index (χ1v) is 4.54. The van der Waals surface area contributed by atoms with Crippen LogP contribution in [-0.2, 0) is 0 Å². The monoisotopic (exact) mass is 225 g/mol. The summed E-state index contributed by atoms with van der Waals surface area (Å²) in [5.41, 5.74) is 10.3. The van der Waals surface area contributed by atoms with Gasteiger partial charge in [-0.2, -0.15) is 0 Å². The lowest BCUT2D eigenvalue weighted by Crippen LogP contribution is -2.44. The van der Waals surface area contributed by atoms with Crippen LogP contribution < -0.4 is 21.3 Å². The minimum absolute atomic E-state index is 0.00162. The Balaban J connectivity index is 2.77. The molecule has 0 aliphatic carbocycles. The molecular weight excluding hydrogens is 214 g/mol. The van der Waals surface area contributed by atoms with Gasteiger partial charge in [0.25, 0.3) is 5.91 Å². The van der Waals surface area contributed by atoms with Gasteiger partial charge in [-0.25, -0.2) is 0 Å². The van der Waals surface area contributed by atoms with Gasteiger partial charge in [-0.05, 0) is 24.4 Å². The molecule has 0 fully saturated rings. The molecule has 0 aliphatic heterocycles. The van der Waals surface area contributed by atoms with Gasteiger partial charge in [0.05, 0.1) is 12.7 Å². The molecule has 0 saturated carbocycles. The lowest BCUT2D eigenvalue weighted by molar-refractivity contribution is 0.0941. The van der Waals surface area contributed by atoms with Crippen molar-refractivity contribution in [3.8, 4) is 5.75 Å². The third-order valence-electron chi connectivity index (χ3n) is 1.65. The number of hydrogen-bond donors (Lipinski definition) is 3. The number of carbonyl (C=O) groups is 1. The van der Waals surface area contributed by atoms with E-state index in [2.05, 4.69) is 23.1 Å². The van der Waals surface area contributed by atoms with Crippen LogP contribution in [0.25, 0.3) is 0 Å². The fraction of sp³-hybridized carbons (Fsp3) is 0.111. The van der Waals surface area contributed by atoms with Crippen LogP contribution in [0.2, 0.25) is 0 Å². The molecule has 5 nitrogen and oxygen atoms in total. The van der Waals surface area contributed by atoms with Crippen molar-refractivity contribution < 1.29 is 9.53 Å². The number of para-hydroxylation sites is 1. The number of nitrogens with two attached hydrogens (primary N) is 1. The topological polar surface area (TPSA) is 76.4 Å². The highest BCUT2D eigenvalue weighted by Gasteiger charge is 2.10. The standard InChI is InChI=1S/C9H11N3O2S/c1-14-7-5-3-2-4-6(7)8(13)11-12-9(10)15/h2-5H,1H3,(H,11,13)(H3,10,12,15). The second-order valence-corrected chi connectivity index (χ2v) is 3.08. The summed E-state index contributed by atoms with van der Waals surface area (Å²) >= 11 is 4.55. The van der Waals surface area contributed by atoms with Crippen molar-refractivity contribution in [1.29, 1.82) is 0 Å². The Labute approximate surface area is 92.6 Å². The van der Waals surface area contributed by atoms with Gasteiger partial charge in [-0.3, -0.25) is 15.6 Å². The number of methoxy groups -OCH3 is 1. The molecule has 0 aliphatic rings. The highest BCUT2D eigenvalue weighted by molar-refractivity contribution is 7.80. The van der Waals surface area contributed by atoms with Crippen molar-refractivity contribution >= 4 is 23.2 Å². The van der Waals surface area contributed by atoms with Gasteiger partial charge < -0.3 is 10.5 Å². The van der Waals surface area contributed by atoms with Gasteiger partial charge in [0, 0.05) is 0 Å². The fourth-order valence-corrected chi connectivity index (χ4v) is 1.07. The summed E-state index contributed by atoms with van der Waals surface area (Å²) in [6.07, 6.45) is 0. The molecule has 0 saturated heterocycles. The van der Waals surface area contributed by atoms with Gasteiger partial charge in [-0.15, -0.1) is 0 Å². The predicted molar refractivity (Wildman–Crippen MR) is 60.4 cm³/mol. The molecule has 15 heavy (non-hydrogen) atoms. The first-order chi connectivity index (χ1) is 7.15. The first kappa shape index (κ1) is 11.3. The molecule has 1 rings (SSSR count). The number of ether oxygens (including phenoxy) is 1. The van der Waals surface area contributed by atoms with E-state index in [4.69, 9.17) is 10.5 Å². The second kappa shape index (κ2) is 5.16. The Morgan fingerprint density at radius 3 is 2.67 bits per heavy atom. The summed E-state index contributed by atoms with van der Waals surface area (Å²) < 4.78 is 5.02. The fourth-order valence-electron chi connectivity index (χ4n) is 1.02. The van der Waals surface area contributed by atoms with Crippen molar-refractivity contribution in [2.75, 3.05) is 7.11 Å². The highest BCUT2D eigenvalue weighted by Crippen LogP contribution is 2.16. The van der Waals surface area contributed by atoms with Crippen LogP contribution in [-0.4, -0.2) is 18.1 Å². The number of hydrogen-bond acceptors (Lipinski definition) is 3. The predicted octanol–water partition coefficient (Wildman–Crippen LogP) is 0.173. The number of thiocarbonyl (C=S) groups is 1. The Hall–Kier alpha value is -1.82. The third kappa shape index (κ3) is 3.10. The largest absolute Gasteiger partial charge is 0.496 e. The van der Waals surface area contributed by atoms with Gasteiger partial charge in [0.1, 0.15) is 5.75 Å². The third-order valence-corrected chi connectivity index (χ3v) is 1.75. The maximum Gasteiger partial charge on any atom is 0.273 e. The van der Waals surface area contributed by atoms with Crippen LogP contribution in [0.5, 0.6) is 5.75 Å². The van der Waals surface area contributed by atoms with Gasteiger partial charge in [0.15, 0.2) is 5.11 Å². The van der Waals surface area contributed by atoms with Crippen LogP contribution in [0.1, 0.15) is 10.4 Å². The summed E-state index contributed by atoms with van der Waals surface area (Å²) in [4.78, 5) is 11.6. The smallest absolute Gasteiger partial charge is 0.273 e. The second-order valence-electron chi connectivity index (χ2n) is 2.64. The van der Waals surface area contributed by atoms with Crippen LogP contribution in [0.3, 0.4) is 0 Å². The molecule has 4 N–H and O–H groups in total. The maximum atomic E-state index is 11.6. The molecule has 1 aromatic carbocycles. The first-order valence-electron chi connectivity index (χ1n) is 4.14. The quantitative estimate of drug-likeness (QED) is 0.494. The van der Waals surface area contributed by atoms with E-state index >= 15 is 0 Å². The lowest BCUT2D eigenvalue weighted by Gasteiger charge is -2.09. The molecule has 6 heteroatoms. The highest BCUT2D eigenvalue weighted by atomic mass is 32.1. The Bertz CT molecular complexity index is 381. The van der Waals surface area contributed by atoms with Gasteiger partial charge >= 0.3 is 0 Å². The van der Waals surface area contributed by atoms with E-state index in [9.17, 15) is 4.79 Å². The molecule has 0 unspecified atom stereocenters. The Kier molecular flexibility index (Phi) is 3.87. The molecule has 1 aromatic rings. The van der Waals surface area contributed by atoms with Crippen molar-refractivity contribution in [2.24, 2.45) is 5.73 Å². The number of benzene rings is 1. The molecule has 0 bridgehead atoms. The summed E-state index contributed by atoms with van der Waals surface area (Å²) in [7, 11) is 1.49. The average Bonchev–Trinajstić information content (AvgIpc) is 2.25. The number of rotatable bonds is 2. The summed E-state index contributed by atoms with van der Waals surface area (Å²) in [6.45, 7) is 0. The molecule has 0 spiro atoms. The van der Waals surface area contributed by atoms with Gasteiger partial charge in [-0.1, -0.05) is 12.1 Å². The van der Waals surface area contributed by atoms with Crippen molar-refractivity contribution in [3.05, 3.63) is 29.8 Å². The van der Waals surface area contributed by atoms with Crippen molar-refractivity contribution in [2.45, 2.75) is 0 Å². The molecular formula is C9H11N3O2S. The van der Waals surface area contributed by atoms with E-state index in [1.165, 1.54) is 7.11 Å². The maximum absolute atomic E-state index is 11.6. The minimum atomic E-state index is -0.361. The summed E-state index contributed by atoms with van der Waals surface area (Å²) in [5, 5.41) is -0.00162. The number of nitrogens with one attached hydrogen (secondary N) is 2. The Morgan fingerprint density at radius 2 is 2.07 bits per heavy atom. The minimum Gasteiger partial charge on any atom is -0.496 e. The van der Waals surface area contributed by atoms with E-state index in [0.29, 0.717) is 11.3 Å². The molecule has 0 aromatic heterocycles. The summed E-state index contributed by atoms with van der Waals surface area (Å²) in [5.74, 6) is 0.125. The van der Waals surface area contributed by atoms with E-state index < -0.39 is 0 Å². The number of amides is 1. The zero-order valence-corrected chi connectivity index (χ0v) is 8.93.